The number of carbonyl (C=O) groups excluding carboxylic acids is 1. The summed E-state index contributed by atoms with van der Waals surface area (Å²) < 4.78 is 22.0. The van der Waals surface area contributed by atoms with Crippen molar-refractivity contribution in [2.24, 2.45) is 12.0 Å². The first-order valence-corrected chi connectivity index (χ1v) is 10.7. The van der Waals surface area contributed by atoms with E-state index in [1.54, 1.807) is 46.1 Å². The van der Waals surface area contributed by atoms with Gasteiger partial charge in [-0.2, -0.15) is 15.4 Å². The van der Waals surface area contributed by atoms with E-state index in [1.807, 2.05) is 4.90 Å². The Bertz CT molecular complexity index is 1430. The summed E-state index contributed by atoms with van der Waals surface area (Å²) >= 11 is 0. The molecule has 10 heteroatoms. The Balaban J connectivity index is 1.83. The number of rotatable bonds is 0. The number of nitriles is 1. The second-order valence-electron chi connectivity index (χ2n) is 8.89. The number of amides is 1. The Labute approximate surface area is 195 Å². The summed E-state index contributed by atoms with van der Waals surface area (Å²) in [6.45, 7) is 5.50. The molecule has 2 aromatic heterocycles. The fourth-order valence-corrected chi connectivity index (χ4v) is 4.44. The van der Waals surface area contributed by atoms with Gasteiger partial charge < -0.3 is 15.4 Å². The molecule has 1 aromatic carbocycles. The molecule has 2 N–H and O–H groups in total. The number of fused-ring (bicyclic) bond motifs is 7. The van der Waals surface area contributed by atoms with E-state index in [2.05, 4.69) is 21.1 Å². The zero-order valence-corrected chi connectivity index (χ0v) is 19.1. The quantitative estimate of drug-likeness (QED) is 0.548. The van der Waals surface area contributed by atoms with Crippen LogP contribution in [0, 0.1) is 17.1 Å². The average molecular weight is 459 g/mol. The fraction of sp³-hybridized carbons (Fsp3) is 0.292. The van der Waals surface area contributed by atoms with E-state index in [1.165, 1.54) is 16.8 Å². The molecule has 1 unspecified atom stereocenters. The zero-order valence-electron chi connectivity index (χ0n) is 19.1. The first kappa shape index (κ1) is 21.6. The third-order valence-corrected chi connectivity index (χ3v) is 6.36. The number of ether oxygens (including phenoxy) is 1. The van der Waals surface area contributed by atoms with E-state index in [4.69, 9.17) is 10.5 Å². The first-order chi connectivity index (χ1) is 16.1. The van der Waals surface area contributed by atoms with Crippen LogP contribution in [0.3, 0.4) is 0 Å². The monoisotopic (exact) mass is 459 g/mol. The van der Waals surface area contributed by atoms with Crippen molar-refractivity contribution in [3.05, 3.63) is 58.8 Å². The molecule has 9 nitrogen and oxygen atoms in total. The maximum atomic E-state index is 14.3. The molecule has 1 atom stereocenters. The molecule has 2 aliphatic rings. The molecule has 3 aromatic rings. The fourth-order valence-electron chi connectivity index (χ4n) is 4.44. The van der Waals surface area contributed by atoms with Gasteiger partial charge in [-0.3, -0.25) is 9.48 Å². The van der Waals surface area contributed by atoms with Gasteiger partial charge in [-0.1, -0.05) is 0 Å². The number of hydrogen-bond donors (Lipinski definition) is 1. The number of aryl methyl sites for hydroxylation is 1. The molecular weight excluding hydrogens is 437 g/mol. The highest BCUT2D eigenvalue weighted by atomic mass is 19.1. The highest BCUT2D eigenvalue weighted by molar-refractivity contribution is 6.14. The van der Waals surface area contributed by atoms with E-state index in [0.717, 1.165) is 0 Å². The predicted molar refractivity (Wildman–Crippen MR) is 122 cm³/mol. The highest BCUT2D eigenvalue weighted by Gasteiger charge is 2.44. The van der Waals surface area contributed by atoms with Crippen molar-refractivity contribution < 1.29 is 13.9 Å². The number of amidine groups is 1. The Morgan fingerprint density at radius 2 is 2.09 bits per heavy atom. The van der Waals surface area contributed by atoms with Gasteiger partial charge in [-0.15, -0.1) is 0 Å². The first-order valence-electron chi connectivity index (χ1n) is 10.7. The predicted octanol–water partition coefficient (Wildman–Crippen LogP) is 3.10. The lowest BCUT2D eigenvalue weighted by Crippen LogP contribution is -2.46. The molecule has 34 heavy (non-hydrogen) atoms. The molecule has 5 rings (SSSR count). The Morgan fingerprint density at radius 3 is 2.82 bits per heavy atom. The minimum atomic E-state index is -0.985. The Hall–Kier alpha value is -4.26. The number of halogens is 1. The summed E-state index contributed by atoms with van der Waals surface area (Å²) in [4.78, 5) is 23.4. The number of nitrogen functional groups attached to an aromatic ring is 1. The average Bonchev–Trinajstić information content (AvgIpc) is 3.22. The largest absolute Gasteiger partial charge is 0.482 e. The van der Waals surface area contributed by atoms with Crippen LogP contribution in [0.4, 0.5) is 10.2 Å². The number of carbonyl (C=O) groups is 1. The van der Waals surface area contributed by atoms with Crippen molar-refractivity contribution in [1.82, 2.24) is 19.7 Å². The summed E-state index contributed by atoms with van der Waals surface area (Å²) in [6.07, 6.45) is 0.916. The molecular formula is C24H22FN7O2. The van der Waals surface area contributed by atoms with Gasteiger partial charge >= 0.3 is 0 Å². The van der Waals surface area contributed by atoms with Crippen molar-refractivity contribution in [2.75, 3.05) is 5.73 Å². The molecule has 0 spiro atoms. The van der Waals surface area contributed by atoms with Gasteiger partial charge in [0.2, 0.25) is 0 Å². The molecule has 172 valence electrons. The van der Waals surface area contributed by atoms with Gasteiger partial charge in [0.1, 0.15) is 35.1 Å². The van der Waals surface area contributed by atoms with Crippen molar-refractivity contribution in [3.8, 4) is 22.9 Å². The van der Waals surface area contributed by atoms with Crippen LogP contribution in [0.5, 0.6) is 5.75 Å². The van der Waals surface area contributed by atoms with E-state index in [0.29, 0.717) is 45.2 Å². The lowest BCUT2D eigenvalue weighted by Gasteiger charge is -2.33. The van der Waals surface area contributed by atoms with E-state index in [-0.39, 0.29) is 18.3 Å². The van der Waals surface area contributed by atoms with Crippen molar-refractivity contribution in [2.45, 2.75) is 39.0 Å². The number of aliphatic imine (C=N–C) groups is 1. The number of benzene rings is 1. The molecule has 0 radical (unpaired) electrons. The molecule has 2 aliphatic heterocycles. The van der Waals surface area contributed by atoms with E-state index < -0.39 is 17.5 Å². The summed E-state index contributed by atoms with van der Waals surface area (Å²) in [5.41, 5.74) is 8.24. The van der Waals surface area contributed by atoms with Crippen LogP contribution in [0.1, 0.15) is 49.4 Å². The molecule has 0 aliphatic carbocycles. The minimum Gasteiger partial charge on any atom is -0.482 e. The van der Waals surface area contributed by atoms with Crippen LogP contribution in [-0.4, -0.2) is 36.9 Å². The molecule has 0 saturated carbocycles. The molecule has 4 heterocycles. The number of pyridine rings is 1. The smallest absolute Gasteiger partial charge is 0.272 e. The third kappa shape index (κ3) is 3.12. The second kappa shape index (κ2) is 7.38. The summed E-state index contributed by atoms with van der Waals surface area (Å²) in [6, 6.07) is 8.19. The van der Waals surface area contributed by atoms with Crippen LogP contribution in [-0.2, 0) is 18.4 Å². The molecule has 2 bridgehead atoms. The van der Waals surface area contributed by atoms with E-state index in [9.17, 15) is 14.4 Å². The van der Waals surface area contributed by atoms with Crippen molar-refractivity contribution in [3.63, 3.8) is 0 Å². The standard InChI is InChI=1S/C24H22FN7O2/c1-12-16-8-14(25)5-6-15(16)22-29-23(33)24(2,3)32(22)11-17-20(18(9-26)31(4)30-17)13-7-19(34-12)21(27)28-10-13/h5-8,10,12H,11H2,1-4H3,(H2,27,28). The van der Waals surface area contributed by atoms with Gasteiger partial charge in [0.05, 0.1) is 12.2 Å². The van der Waals surface area contributed by atoms with Gasteiger partial charge in [0.15, 0.2) is 11.6 Å². The zero-order chi connectivity index (χ0) is 24.4. The SMILES string of the molecule is CC1Oc2cc(cnc2N)-c2c(nn(C)c2C#N)CN2C(=NC(=O)C2(C)C)c2ccc(F)cc21. The van der Waals surface area contributed by atoms with Gasteiger partial charge in [-0.25, -0.2) is 9.37 Å². The third-order valence-electron chi connectivity index (χ3n) is 6.36. The topological polar surface area (TPSA) is 122 Å². The maximum Gasteiger partial charge on any atom is 0.272 e. The summed E-state index contributed by atoms with van der Waals surface area (Å²) in [7, 11) is 1.68. The number of nitrogens with two attached hydrogens (primary N) is 1. The second-order valence-corrected chi connectivity index (χ2v) is 8.89. The van der Waals surface area contributed by atoms with Crippen molar-refractivity contribution >= 4 is 17.6 Å². The van der Waals surface area contributed by atoms with Crippen LogP contribution < -0.4 is 10.5 Å². The highest BCUT2D eigenvalue weighted by Crippen LogP contribution is 2.38. The Kier molecular flexibility index (Phi) is 4.68. The number of hydrogen-bond acceptors (Lipinski definition) is 7. The van der Waals surface area contributed by atoms with Gasteiger partial charge in [-0.05, 0) is 45.0 Å². The minimum absolute atomic E-state index is 0.158. The molecule has 1 amide bonds. The van der Waals surface area contributed by atoms with Crippen molar-refractivity contribution in [1.29, 1.82) is 5.26 Å². The normalized spacial score (nSPS) is 18.5. The van der Waals surface area contributed by atoms with Gasteiger partial charge in [0, 0.05) is 35.5 Å². The summed E-state index contributed by atoms with van der Waals surface area (Å²) in [5, 5.41) is 14.4. The van der Waals surface area contributed by atoms with Crippen LogP contribution in [0.25, 0.3) is 11.1 Å². The lowest BCUT2D eigenvalue weighted by atomic mass is 9.97. The molecule has 0 fully saturated rings. The number of aromatic nitrogens is 3. The van der Waals surface area contributed by atoms with Crippen LogP contribution >= 0.6 is 0 Å². The van der Waals surface area contributed by atoms with E-state index >= 15 is 0 Å². The van der Waals surface area contributed by atoms with Crippen LogP contribution in [0.2, 0.25) is 0 Å². The lowest BCUT2D eigenvalue weighted by molar-refractivity contribution is -0.124. The molecule has 0 saturated heterocycles. The number of anilines is 1. The number of nitrogens with zero attached hydrogens (tertiary/aromatic N) is 6. The summed E-state index contributed by atoms with van der Waals surface area (Å²) in [5.74, 6) is 0.0749. The maximum absolute atomic E-state index is 14.3. The Morgan fingerprint density at radius 1 is 1.32 bits per heavy atom. The van der Waals surface area contributed by atoms with Crippen LogP contribution in [0.15, 0.2) is 35.5 Å². The van der Waals surface area contributed by atoms with Gasteiger partial charge in [0.25, 0.3) is 5.91 Å².